The first kappa shape index (κ1) is 18.6. The van der Waals surface area contributed by atoms with Crippen LogP contribution in [0.1, 0.15) is 38.4 Å². The van der Waals surface area contributed by atoms with E-state index in [-0.39, 0.29) is 30.6 Å². The number of benzene rings is 1. The Morgan fingerprint density at radius 3 is 2.75 bits per heavy atom. The van der Waals surface area contributed by atoms with Crippen molar-refractivity contribution in [2.24, 2.45) is 5.92 Å². The third kappa shape index (κ3) is 4.64. The summed E-state index contributed by atoms with van der Waals surface area (Å²) in [6.07, 6.45) is 0.545. The van der Waals surface area contributed by atoms with Crippen LogP contribution in [-0.2, 0) is 4.74 Å². The van der Waals surface area contributed by atoms with Gasteiger partial charge in [0.2, 0.25) is 0 Å². The van der Waals surface area contributed by atoms with E-state index in [0.29, 0.717) is 25.0 Å². The average molecular weight is 342 g/mol. The number of hydrogen-bond acceptors (Lipinski definition) is 3. The Kier molecular flexibility index (Phi) is 6.51. The van der Waals surface area contributed by atoms with Crippen molar-refractivity contribution in [2.45, 2.75) is 44.9 Å². The molecule has 3 N–H and O–H groups in total. The number of carbonyl (C=O) groups is 1. The van der Waals surface area contributed by atoms with Crippen LogP contribution in [0.25, 0.3) is 0 Å². The van der Waals surface area contributed by atoms with Gasteiger partial charge in [0, 0.05) is 19.3 Å². The van der Waals surface area contributed by atoms with Gasteiger partial charge in [-0.05, 0) is 36.5 Å². The van der Waals surface area contributed by atoms with Crippen LogP contribution in [0.2, 0.25) is 0 Å². The molecular weight excluding hydrogens is 318 g/mol. The fourth-order valence-electron chi connectivity index (χ4n) is 2.84. The molecule has 134 valence electrons. The van der Waals surface area contributed by atoms with Gasteiger partial charge in [-0.25, -0.2) is 13.6 Å². The minimum Gasteiger partial charge on any atom is -0.396 e. The van der Waals surface area contributed by atoms with E-state index in [1.807, 2.05) is 13.8 Å². The fourth-order valence-corrected chi connectivity index (χ4v) is 2.84. The van der Waals surface area contributed by atoms with Crippen LogP contribution >= 0.6 is 0 Å². The van der Waals surface area contributed by atoms with Crippen molar-refractivity contribution in [1.29, 1.82) is 0 Å². The van der Waals surface area contributed by atoms with E-state index in [2.05, 4.69) is 10.6 Å². The summed E-state index contributed by atoms with van der Waals surface area (Å²) in [5.41, 5.74) is 0.493. The van der Waals surface area contributed by atoms with Gasteiger partial charge >= 0.3 is 6.03 Å². The van der Waals surface area contributed by atoms with E-state index in [0.717, 1.165) is 12.1 Å². The molecule has 3 atom stereocenters. The minimum absolute atomic E-state index is 0.00680. The maximum absolute atomic E-state index is 13.4. The monoisotopic (exact) mass is 342 g/mol. The normalized spacial score (nSPS) is 21.8. The van der Waals surface area contributed by atoms with Crippen molar-refractivity contribution in [3.05, 3.63) is 35.4 Å². The zero-order chi connectivity index (χ0) is 17.7. The van der Waals surface area contributed by atoms with E-state index < -0.39 is 17.7 Å². The van der Waals surface area contributed by atoms with Crippen LogP contribution in [0.4, 0.5) is 13.6 Å². The Morgan fingerprint density at radius 2 is 2.12 bits per heavy atom. The number of nitrogens with one attached hydrogen (secondary N) is 2. The molecule has 1 fully saturated rings. The van der Waals surface area contributed by atoms with Crippen LogP contribution < -0.4 is 10.6 Å². The van der Waals surface area contributed by atoms with Crippen LogP contribution in [-0.4, -0.2) is 36.4 Å². The molecule has 7 heteroatoms. The Morgan fingerprint density at radius 1 is 1.38 bits per heavy atom. The summed E-state index contributed by atoms with van der Waals surface area (Å²) in [4.78, 5) is 12.2. The molecule has 0 aliphatic carbocycles. The smallest absolute Gasteiger partial charge is 0.315 e. The maximum atomic E-state index is 13.4. The molecule has 0 radical (unpaired) electrons. The lowest BCUT2D eigenvalue weighted by molar-refractivity contribution is 0.0993. The summed E-state index contributed by atoms with van der Waals surface area (Å²) in [7, 11) is 0. The molecule has 2 rings (SSSR count). The predicted octanol–water partition coefficient (Wildman–Crippen LogP) is 2.50. The van der Waals surface area contributed by atoms with Crippen LogP contribution in [0.5, 0.6) is 0 Å². The lowest BCUT2D eigenvalue weighted by Crippen LogP contribution is -2.48. The number of aliphatic hydroxyl groups excluding tert-OH is 1. The highest BCUT2D eigenvalue weighted by Crippen LogP contribution is 2.30. The van der Waals surface area contributed by atoms with Crippen molar-refractivity contribution in [1.82, 2.24) is 10.6 Å². The van der Waals surface area contributed by atoms with Gasteiger partial charge in [-0.15, -0.1) is 0 Å². The van der Waals surface area contributed by atoms with Crippen molar-refractivity contribution in [3.63, 3.8) is 0 Å². The molecule has 1 aliphatic heterocycles. The molecule has 0 aromatic heterocycles. The summed E-state index contributed by atoms with van der Waals surface area (Å²) < 4.78 is 32.1. The molecule has 1 heterocycles. The number of carbonyl (C=O) groups excluding carboxylic acids is 1. The van der Waals surface area contributed by atoms with Gasteiger partial charge in [0.25, 0.3) is 0 Å². The standard InChI is InChI=1S/C17H24F2N2O3/c1-10(2)14(5-7-22)20-17(23)21-15-6-8-24-16(15)11-3-4-12(18)13(19)9-11/h3-4,9-10,14-16,22H,5-8H2,1-2H3,(H2,20,21,23). The van der Waals surface area contributed by atoms with Crippen molar-refractivity contribution >= 4 is 6.03 Å². The first-order chi connectivity index (χ1) is 11.4. The Bertz CT molecular complexity index is 569. The molecule has 5 nitrogen and oxygen atoms in total. The maximum Gasteiger partial charge on any atom is 0.315 e. The number of halogens is 2. The number of aliphatic hydroxyl groups is 1. The quantitative estimate of drug-likeness (QED) is 0.744. The third-order valence-corrected chi connectivity index (χ3v) is 4.24. The molecule has 0 bridgehead atoms. The first-order valence-electron chi connectivity index (χ1n) is 8.16. The molecule has 0 spiro atoms. The highest BCUT2D eigenvalue weighted by molar-refractivity contribution is 5.74. The predicted molar refractivity (Wildman–Crippen MR) is 85.5 cm³/mol. The number of rotatable bonds is 6. The van der Waals surface area contributed by atoms with Crippen LogP contribution in [0.3, 0.4) is 0 Å². The number of ether oxygens (including phenoxy) is 1. The van der Waals surface area contributed by atoms with Crippen molar-refractivity contribution in [2.75, 3.05) is 13.2 Å². The molecule has 3 unspecified atom stereocenters. The second kappa shape index (κ2) is 8.39. The lowest BCUT2D eigenvalue weighted by atomic mass is 10.0. The fraction of sp³-hybridized carbons (Fsp3) is 0.588. The average Bonchev–Trinajstić information content (AvgIpc) is 2.97. The zero-order valence-electron chi connectivity index (χ0n) is 13.9. The van der Waals surface area contributed by atoms with E-state index in [1.165, 1.54) is 6.07 Å². The summed E-state index contributed by atoms with van der Waals surface area (Å²) in [6.45, 7) is 4.35. The number of hydrogen-bond donors (Lipinski definition) is 3. The second-order valence-corrected chi connectivity index (χ2v) is 6.34. The number of urea groups is 1. The van der Waals surface area contributed by atoms with E-state index >= 15 is 0 Å². The van der Waals surface area contributed by atoms with E-state index in [9.17, 15) is 13.6 Å². The first-order valence-corrected chi connectivity index (χ1v) is 8.16. The lowest BCUT2D eigenvalue weighted by Gasteiger charge is -2.25. The van der Waals surface area contributed by atoms with Crippen LogP contribution in [0, 0.1) is 17.6 Å². The molecule has 1 saturated heterocycles. The Labute approximate surface area is 140 Å². The molecule has 1 aliphatic rings. The summed E-state index contributed by atoms with van der Waals surface area (Å²) in [5.74, 6) is -1.67. The molecule has 24 heavy (non-hydrogen) atoms. The van der Waals surface area contributed by atoms with Gasteiger partial charge in [0.05, 0.1) is 6.04 Å². The molecule has 1 aromatic rings. The number of amides is 2. The van der Waals surface area contributed by atoms with Crippen molar-refractivity contribution in [3.8, 4) is 0 Å². The summed E-state index contributed by atoms with van der Waals surface area (Å²) >= 11 is 0. The minimum atomic E-state index is -0.936. The van der Waals surface area contributed by atoms with Gasteiger partial charge in [0.15, 0.2) is 11.6 Å². The Balaban J connectivity index is 2.00. The second-order valence-electron chi connectivity index (χ2n) is 6.34. The highest BCUT2D eigenvalue weighted by atomic mass is 19.2. The van der Waals surface area contributed by atoms with E-state index in [1.54, 1.807) is 0 Å². The highest BCUT2D eigenvalue weighted by Gasteiger charge is 2.32. The topological polar surface area (TPSA) is 70.6 Å². The zero-order valence-corrected chi connectivity index (χ0v) is 13.9. The largest absolute Gasteiger partial charge is 0.396 e. The third-order valence-electron chi connectivity index (χ3n) is 4.24. The van der Waals surface area contributed by atoms with E-state index in [4.69, 9.17) is 9.84 Å². The van der Waals surface area contributed by atoms with Crippen LogP contribution in [0.15, 0.2) is 18.2 Å². The van der Waals surface area contributed by atoms with Crippen molar-refractivity contribution < 1.29 is 23.4 Å². The summed E-state index contributed by atoms with van der Waals surface area (Å²) in [5, 5.41) is 14.7. The molecule has 2 amide bonds. The van der Waals surface area contributed by atoms with Gasteiger partial charge < -0.3 is 20.5 Å². The molecule has 1 aromatic carbocycles. The van der Waals surface area contributed by atoms with Gasteiger partial charge in [-0.2, -0.15) is 0 Å². The summed E-state index contributed by atoms with van der Waals surface area (Å²) in [6, 6.07) is 2.80. The SMILES string of the molecule is CC(C)C(CCO)NC(=O)NC1CCOC1c1ccc(F)c(F)c1. The molecular formula is C17H24F2N2O3. The van der Waals surface area contributed by atoms with Gasteiger partial charge in [-0.1, -0.05) is 19.9 Å². The van der Waals surface area contributed by atoms with Gasteiger partial charge in [-0.3, -0.25) is 0 Å². The van der Waals surface area contributed by atoms with Gasteiger partial charge in [0.1, 0.15) is 6.10 Å². The Hall–Kier alpha value is -1.73. The molecule has 0 saturated carbocycles.